The molecule has 1 aliphatic heterocycles. The number of rotatable bonds is 7. The fourth-order valence-corrected chi connectivity index (χ4v) is 3.04. The lowest BCUT2D eigenvalue weighted by atomic mass is 10.1. The molecule has 8 nitrogen and oxygen atoms in total. The summed E-state index contributed by atoms with van der Waals surface area (Å²) in [5.74, 6) is 0.734. The Morgan fingerprint density at radius 1 is 1.10 bits per heavy atom. The van der Waals surface area contributed by atoms with E-state index in [-0.39, 0.29) is 24.0 Å². The van der Waals surface area contributed by atoms with Gasteiger partial charge in [0.25, 0.3) is 0 Å². The molecule has 0 saturated carbocycles. The number of hydrogen-bond donors (Lipinski definition) is 3. The van der Waals surface area contributed by atoms with Gasteiger partial charge in [-0.05, 0) is 48.1 Å². The lowest BCUT2D eigenvalue weighted by Gasteiger charge is -2.37. The van der Waals surface area contributed by atoms with Crippen LogP contribution in [0.1, 0.15) is 48.5 Å². The van der Waals surface area contributed by atoms with Gasteiger partial charge in [-0.1, -0.05) is 6.92 Å². The van der Waals surface area contributed by atoms with E-state index in [9.17, 15) is 4.79 Å². The largest absolute Gasteiger partial charge is 0.444 e. The van der Waals surface area contributed by atoms with Crippen LogP contribution in [0, 0.1) is 0 Å². The van der Waals surface area contributed by atoms with Crippen LogP contribution < -0.4 is 16.0 Å². The number of nitrogens with zero attached hydrogens (tertiary/aromatic N) is 3. The molecule has 1 heterocycles. The fourth-order valence-electron chi connectivity index (χ4n) is 3.04. The number of halogens is 1. The normalized spacial score (nSPS) is 17.9. The SMILES string of the molecule is CCN1CCN(C(C)CNC(=NC)NCC(C)(C)NC(=O)OC(C)(C)C)CC1.I. The van der Waals surface area contributed by atoms with Crippen molar-refractivity contribution in [2.75, 3.05) is 52.9 Å². The molecule has 0 radical (unpaired) electrons. The molecule has 1 fully saturated rings. The molecule has 1 aliphatic rings. The summed E-state index contributed by atoms with van der Waals surface area (Å²) in [6.45, 7) is 20.9. The standard InChI is InChI=1S/C20H42N6O2.HI/c1-9-25-10-12-26(13-11-25)16(2)14-22-17(21-8)23-15-20(6,7)24-18(27)28-19(3,4)5;/h16H,9-15H2,1-8H3,(H,24,27)(H2,21,22,23);1H. The number of amides is 1. The molecule has 0 spiro atoms. The Labute approximate surface area is 194 Å². The van der Waals surface area contributed by atoms with E-state index in [4.69, 9.17) is 4.74 Å². The molecular formula is C20H43IN6O2. The van der Waals surface area contributed by atoms with Crippen LogP contribution in [0.3, 0.4) is 0 Å². The van der Waals surface area contributed by atoms with Crippen LogP contribution in [0.15, 0.2) is 4.99 Å². The molecule has 1 atom stereocenters. The van der Waals surface area contributed by atoms with Crippen molar-refractivity contribution in [3.05, 3.63) is 0 Å². The highest BCUT2D eigenvalue weighted by Crippen LogP contribution is 2.09. The van der Waals surface area contributed by atoms with Gasteiger partial charge < -0.3 is 25.6 Å². The third-order valence-corrected chi connectivity index (χ3v) is 4.80. The van der Waals surface area contributed by atoms with Crippen molar-refractivity contribution in [2.24, 2.45) is 4.99 Å². The molecule has 0 aromatic carbocycles. The first-order chi connectivity index (χ1) is 13.0. The van der Waals surface area contributed by atoms with Crippen molar-refractivity contribution in [3.63, 3.8) is 0 Å². The number of hydrogen-bond acceptors (Lipinski definition) is 5. The maximum atomic E-state index is 12.0. The van der Waals surface area contributed by atoms with Gasteiger partial charge in [-0.25, -0.2) is 4.79 Å². The number of carbonyl (C=O) groups excluding carboxylic acids is 1. The van der Waals surface area contributed by atoms with Crippen LogP contribution >= 0.6 is 24.0 Å². The average Bonchev–Trinajstić information content (AvgIpc) is 2.59. The molecule has 0 aliphatic carbocycles. The van der Waals surface area contributed by atoms with Crippen LogP contribution in [0.2, 0.25) is 0 Å². The predicted molar refractivity (Wildman–Crippen MR) is 131 cm³/mol. The summed E-state index contributed by atoms with van der Waals surface area (Å²) in [4.78, 5) is 21.3. The van der Waals surface area contributed by atoms with Crippen molar-refractivity contribution in [3.8, 4) is 0 Å². The van der Waals surface area contributed by atoms with Gasteiger partial charge in [0.1, 0.15) is 5.60 Å². The highest BCUT2D eigenvalue weighted by atomic mass is 127. The first kappa shape index (κ1) is 28.2. The van der Waals surface area contributed by atoms with Gasteiger partial charge in [0.15, 0.2) is 5.96 Å². The van der Waals surface area contributed by atoms with Gasteiger partial charge in [0.2, 0.25) is 0 Å². The Kier molecular flexibility index (Phi) is 12.4. The summed E-state index contributed by atoms with van der Waals surface area (Å²) in [5.41, 5.74) is -0.980. The number of aliphatic imine (C=N–C) groups is 1. The molecule has 9 heteroatoms. The first-order valence-corrected chi connectivity index (χ1v) is 10.4. The molecular weight excluding hydrogens is 483 g/mol. The van der Waals surface area contributed by atoms with Gasteiger partial charge >= 0.3 is 6.09 Å². The monoisotopic (exact) mass is 526 g/mol. The fraction of sp³-hybridized carbons (Fsp3) is 0.900. The first-order valence-electron chi connectivity index (χ1n) is 10.4. The predicted octanol–water partition coefficient (Wildman–Crippen LogP) is 2.10. The summed E-state index contributed by atoms with van der Waals surface area (Å²) in [6.07, 6.45) is -0.415. The molecule has 0 aromatic rings. The molecule has 172 valence electrons. The molecule has 1 rings (SSSR count). The highest BCUT2D eigenvalue weighted by molar-refractivity contribution is 14.0. The van der Waals surface area contributed by atoms with Gasteiger partial charge in [0, 0.05) is 52.4 Å². The molecule has 0 bridgehead atoms. The zero-order valence-corrected chi connectivity index (χ0v) is 21.9. The molecule has 1 unspecified atom stereocenters. The molecule has 1 saturated heterocycles. The zero-order valence-electron chi connectivity index (χ0n) is 19.6. The van der Waals surface area contributed by atoms with E-state index >= 15 is 0 Å². The zero-order chi connectivity index (χ0) is 21.4. The van der Waals surface area contributed by atoms with Crippen LogP contribution in [0.25, 0.3) is 0 Å². The van der Waals surface area contributed by atoms with E-state index in [0.717, 1.165) is 45.2 Å². The lowest BCUT2D eigenvalue weighted by molar-refractivity contribution is 0.0474. The van der Waals surface area contributed by atoms with Crippen molar-refractivity contribution >= 4 is 36.0 Å². The van der Waals surface area contributed by atoms with E-state index < -0.39 is 17.2 Å². The topological polar surface area (TPSA) is 81.2 Å². The van der Waals surface area contributed by atoms with Gasteiger partial charge in [-0.15, -0.1) is 24.0 Å². The van der Waals surface area contributed by atoms with Crippen LogP contribution in [0.4, 0.5) is 4.79 Å². The second-order valence-electron chi connectivity index (χ2n) is 9.14. The van der Waals surface area contributed by atoms with Crippen LogP contribution in [-0.2, 0) is 4.74 Å². The Balaban J connectivity index is 0.00000784. The molecule has 0 aromatic heterocycles. The van der Waals surface area contributed by atoms with E-state index in [1.54, 1.807) is 7.05 Å². The summed E-state index contributed by atoms with van der Waals surface area (Å²) in [7, 11) is 1.76. The minimum atomic E-state index is -0.510. The summed E-state index contributed by atoms with van der Waals surface area (Å²) < 4.78 is 5.34. The van der Waals surface area contributed by atoms with Gasteiger partial charge in [0.05, 0.1) is 5.54 Å². The van der Waals surface area contributed by atoms with Crippen LogP contribution in [-0.4, -0.2) is 91.9 Å². The minimum absolute atomic E-state index is 0. The molecule has 29 heavy (non-hydrogen) atoms. The van der Waals surface area contributed by atoms with E-state index in [1.165, 1.54) is 0 Å². The van der Waals surface area contributed by atoms with Crippen molar-refractivity contribution in [1.29, 1.82) is 0 Å². The summed E-state index contributed by atoms with van der Waals surface area (Å²) >= 11 is 0. The van der Waals surface area contributed by atoms with Crippen LogP contribution in [0.5, 0.6) is 0 Å². The van der Waals surface area contributed by atoms with Gasteiger partial charge in [-0.3, -0.25) is 9.89 Å². The number of guanidine groups is 1. The number of carbonyl (C=O) groups is 1. The smallest absolute Gasteiger partial charge is 0.408 e. The minimum Gasteiger partial charge on any atom is -0.444 e. The molecule has 3 N–H and O–H groups in total. The van der Waals surface area contributed by atoms with Crippen molar-refractivity contribution in [2.45, 2.75) is 65.6 Å². The quantitative estimate of drug-likeness (QED) is 0.268. The Bertz CT molecular complexity index is 514. The Hall–Kier alpha value is -0.810. The van der Waals surface area contributed by atoms with E-state index in [2.05, 4.69) is 44.6 Å². The van der Waals surface area contributed by atoms with Crippen molar-refractivity contribution in [1.82, 2.24) is 25.8 Å². The second kappa shape index (κ2) is 12.8. The average molecular weight is 527 g/mol. The van der Waals surface area contributed by atoms with Gasteiger partial charge in [-0.2, -0.15) is 0 Å². The number of piperazine rings is 1. The number of ether oxygens (including phenoxy) is 1. The lowest BCUT2D eigenvalue weighted by Crippen LogP contribution is -2.56. The third kappa shape index (κ3) is 11.8. The number of alkyl carbamates (subject to hydrolysis) is 1. The maximum Gasteiger partial charge on any atom is 0.408 e. The highest BCUT2D eigenvalue weighted by Gasteiger charge is 2.25. The number of nitrogens with one attached hydrogen (secondary N) is 3. The van der Waals surface area contributed by atoms with E-state index in [0.29, 0.717) is 12.6 Å². The Morgan fingerprint density at radius 3 is 2.17 bits per heavy atom. The third-order valence-electron chi connectivity index (χ3n) is 4.80. The number of likely N-dealkylation sites (N-methyl/N-ethyl adjacent to an activating group) is 1. The summed E-state index contributed by atoms with van der Waals surface area (Å²) in [6, 6.07) is 0.436. The van der Waals surface area contributed by atoms with Crippen molar-refractivity contribution < 1.29 is 9.53 Å². The van der Waals surface area contributed by atoms with E-state index in [1.807, 2.05) is 34.6 Å². The molecule has 1 amide bonds. The maximum absolute atomic E-state index is 12.0. The Morgan fingerprint density at radius 2 is 1.69 bits per heavy atom. The second-order valence-corrected chi connectivity index (χ2v) is 9.14. The summed E-state index contributed by atoms with van der Waals surface area (Å²) in [5, 5.41) is 9.59.